The van der Waals surface area contributed by atoms with Gasteiger partial charge in [0.15, 0.2) is 0 Å². The summed E-state index contributed by atoms with van der Waals surface area (Å²) in [6.45, 7) is 4.97. The Balaban J connectivity index is 1.79. The van der Waals surface area contributed by atoms with Gasteiger partial charge < -0.3 is 10.6 Å². The van der Waals surface area contributed by atoms with Gasteiger partial charge in [0.05, 0.1) is 23.8 Å². The third kappa shape index (κ3) is 4.50. The monoisotopic (exact) mass is 418 g/mol. The van der Waals surface area contributed by atoms with Gasteiger partial charge in [-0.1, -0.05) is 24.3 Å². The molecule has 0 saturated heterocycles. The van der Waals surface area contributed by atoms with Crippen LogP contribution >= 0.6 is 23.5 Å². The SMILES string of the molecule is CS[C@@H]1NC(=O)N(Cc2ccccc2CN2C=C(C)[C@H](SC)NC2=O)C=C1C. The first-order valence-electron chi connectivity index (χ1n) is 9.06. The zero-order valence-electron chi connectivity index (χ0n) is 16.6. The van der Waals surface area contributed by atoms with Crippen molar-refractivity contribution in [1.29, 1.82) is 0 Å². The average molecular weight is 419 g/mol. The summed E-state index contributed by atoms with van der Waals surface area (Å²) in [5, 5.41) is 6.06. The zero-order chi connectivity index (χ0) is 20.3. The second kappa shape index (κ2) is 8.96. The number of rotatable bonds is 6. The molecular weight excluding hydrogens is 392 g/mol. The number of thioether (sulfide) groups is 2. The van der Waals surface area contributed by atoms with E-state index in [0.29, 0.717) is 13.1 Å². The average Bonchev–Trinajstić information content (AvgIpc) is 2.68. The van der Waals surface area contributed by atoms with E-state index in [1.54, 1.807) is 33.3 Å². The molecule has 0 unspecified atom stereocenters. The molecule has 2 heterocycles. The number of carbonyl (C=O) groups is 2. The van der Waals surface area contributed by atoms with Crippen LogP contribution in [-0.4, -0.2) is 45.1 Å². The number of nitrogens with one attached hydrogen (secondary N) is 2. The van der Waals surface area contributed by atoms with Crippen molar-refractivity contribution >= 4 is 35.6 Å². The van der Waals surface area contributed by atoms with Crippen molar-refractivity contribution in [3.8, 4) is 0 Å². The molecule has 0 fully saturated rings. The van der Waals surface area contributed by atoms with Crippen LogP contribution in [0.5, 0.6) is 0 Å². The molecule has 0 spiro atoms. The van der Waals surface area contributed by atoms with Crippen LogP contribution in [0.3, 0.4) is 0 Å². The Labute approximate surface area is 174 Å². The third-order valence-corrected chi connectivity index (χ3v) is 6.77. The third-order valence-electron chi connectivity index (χ3n) is 4.85. The summed E-state index contributed by atoms with van der Waals surface area (Å²) in [4.78, 5) is 28.3. The van der Waals surface area contributed by atoms with Crippen molar-refractivity contribution in [2.75, 3.05) is 12.5 Å². The summed E-state index contributed by atoms with van der Waals surface area (Å²) in [7, 11) is 0. The van der Waals surface area contributed by atoms with E-state index in [-0.39, 0.29) is 22.8 Å². The molecule has 8 heteroatoms. The van der Waals surface area contributed by atoms with Gasteiger partial charge in [0.25, 0.3) is 0 Å². The fourth-order valence-corrected chi connectivity index (χ4v) is 4.62. The number of carbonyl (C=O) groups excluding carboxylic acids is 2. The van der Waals surface area contributed by atoms with E-state index in [2.05, 4.69) is 10.6 Å². The highest BCUT2D eigenvalue weighted by molar-refractivity contribution is 7.99. The lowest BCUT2D eigenvalue weighted by atomic mass is 10.1. The summed E-state index contributed by atoms with van der Waals surface area (Å²) in [6.07, 6.45) is 7.79. The van der Waals surface area contributed by atoms with E-state index >= 15 is 0 Å². The number of amides is 4. The quantitative estimate of drug-likeness (QED) is 0.735. The minimum Gasteiger partial charge on any atom is -0.322 e. The van der Waals surface area contributed by atoms with Crippen LogP contribution in [0.4, 0.5) is 9.59 Å². The summed E-state index contributed by atoms with van der Waals surface area (Å²) >= 11 is 3.22. The normalized spacial score (nSPS) is 22.4. The standard InChI is InChI=1S/C20H26N4O2S2/c1-13-9-23(19(25)21-17(13)27-3)11-15-7-5-6-8-16(15)12-24-10-14(2)18(28-4)22-20(24)26/h5-10,17-18H,11-12H2,1-4H3,(H,21,25)(H,22,26)/t17-,18-/m0/s1. The van der Waals surface area contributed by atoms with Gasteiger partial charge in [0.1, 0.15) is 0 Å². The number of urea groups is 2. The molecule has 2 atom stereocenters. The molecule has 2 aliphatic rings. The Hall–Kier alpha value is -2.06. The van der Waals surface area contributed by atoms with Crippen molar-refractivity contribution in [3.63, 3.8) is 0 Å². The molecule has 1 aromatic rings. The molecule has 3 rings (SSSR count). The highest BCUT2D eigenvalue weighted by Gasteiger charge is 2.26. The van der Waals surface area contributed by atoms with Gasteiger partial charge in [0, 0.05) is 12.4 Å². The topological polar surface area (TPSA) is 64.7 Å². The maximum atomic E-state index is 12.4. The van der Waals surface area contributed by atoms with Crippen molar-refractivity contribution in [2.45, 2.75) is 37.7 Å². The Bertz CT molecular complexity index is 757. The van der Waals surface area contributed by atoms with Gasteiger partial charge >= 0.3 is 12.1 Å². The lowest BCUT2D eigenvalue weighted by Gasteiger charge is -2.32. The second-order valence-corrected chi connectivity index (χ2v) is 8.79. The summed E-state index contributed by atoms with van der Waals surface area (Å²) in [5.74, 6) is 0. The largest absolute Gasteiger partial charge is 0.322 e. The van der Waals surface area contributed by atoms with Crippen LogP contribution in [0, 0.1) is 0 Å². The molecule has 150 valence electrons. The second-order valence-electron chi connectivity index (χ2n) is 6.90. The van der Waals surface area contributed by atoms with Gasteiger partial charge in [-0.15, -0.1) is 23.5 Å². The molecule has 2 aliphatic heterocycles. The van der Waals surface area contributed by atoms with Crippen LogP contribution in [0.25, 0.3) is 0 Å². The van der Waals surface area contributed by atoms with E-state index in [0.717, 1.165) is 22.3 Å². The van der Waals surface area contributed by atoms with Gasteiger partial charge in [-0.2, -0.15) is 0 Å². The van der Waals surface area contributed by atoms with E-state index < -0.39 is 0 Å². The number of nitrogens with zero attached hydrogens (tertiary/aromatic N) is 2. The predicted octanol–water partition coefficient (Wildman–Crippen LogP) is 3.92. The van der Waals surface area contributed by atoms with Crippen molar-refractivity contribution in [3.05, 3.63) is 58.9 Å². The van der Waals surface area contributed by atoms with Crippen molar-refractivity contribution in [2.24, 2.45) is 0 Å². The molecule has 0 aromatic heterocycles. The molecule has 4 amide bonds. The van der Waals surface area contributed by atoms with E-state index in [1.165, 1.54) is 0 Å². The maximum absolute atomic E-state index is 12.4. The molecular formula is C20H26N4O2S2. The van der Waals surface area contributed by atoms with E-state index in [4.69, 9.17) is 0 Å². The fourth-order valence-electron chi connectivity index (χ4n) is 3.32. The van der Waals surface area contributed by atoms with Crippen LogP contribution in [0.2, 0.25) is 0 Å². The van der Waals surface area contributed by atoms with E-state index in [1.807, 2.05) is 63.0 Å². The van der Waals surface area contributed by atoms with Gasteiger partial charge in [-0.25, -0.2) is 9.59 Å². The molecule has 0 saturated carbocycles. The highest BCUT2D eigenvalue weighted by Crippen LogP contribution is 2.24. The lowest BCUT2D eigenvalue weighted by molar-refractivity contribution is 0.207. The maximum Gasteiger partial charge on any atom is 0.322 e. The van der Waals surface area contributed by atoms with Crippen LogP contribution in [0.15, 0.2) is 47.8 Å². The molecule has 6 nitrogen and oxygen atoms in total. The van der Waals surface area contributed by atoms with Crippen LogP contribution in [-0.2, 0) is 13.1 Å². The Morgan fingerprint density at radius 3 is 1.57 bits per heavy atom. The molecule has 1 aromatic carbocycles. The van der Waals surface area contributed by atoms with Gasteiger partial charge in [0.2, 0.25) is 0 Å². The summed E-state index contributed by atoms with van der Waals surface area (Å²) in [5.41, 5.74) is 4.27. The van der Waals surface area contributed by atoms with Gasteiger partial charge in [-0.05, 0) is 48.6 Å². The zero-order valence-corrected chi connectivity index (χ0v) is 18.2. The Kier molecular flexibility index (Phi) is 6.61. The fraction of sp³-hybridized carbons (Fsp3) is 0.400. The predicted molar refractivity (Wildman–Crippen MR) is 117 cm³/mol. The smallest absolute Gasteiger partial charge is 0.322 e. The summed E-state index contributed by atoms with van der Waals surface area (Å²) < 4.78 is 0. The minimum absolute atomic E-state index is 0.0218. The molecule has 0 aliphatic carbocycles. The van der Waals surface area contributed by atoms with Crippen LogP contribution in [0.1, 0.15) is 25.0 Å². The Morgan fingerprint density at radius 2 is 1.21 bits per heavy atom. The molecule has 28 heavy (non-hydrogen) atoms. The number of benzene rings is 1. The highest BCUT2D eigenvalue weighted by atomic mass is 32.2. The van der Waals surface area contributed by atoms with Gasteiger partial charge in [-0.3, -0.25) is 9.80 Å². The first-order chi connectivity index (χ1) is 13.4. The Morgan fingerprint density at radius 1 is 0.821 bits per heavy atom. The number of hydrogen-bond donors (Lipinski definition) is 2. The van der Waals surface area contributed by atoms with Crippen molar-refractivity contribution in [1.82, 2.24) is 20.4 Å². The lowest BCUT2D eigenvalue weighted by Crippen LogP contribution is -2.46. The van der Waals surface area contributed by atoms with E-state index in [9.17, 15) is 9.59 Å². The first kappa shape index (κ1) is 20.7. The molecule has 2 N–H and O–H groups in total. The first-order valence-corrected chi connectivity index (χ1v) is 11.6. The summed E-state index contributed by atoms with van der Waals surface area (Å²) in [6, 6.07) is 7.74. The van der Waals surface area contributed by atoms with Crippen LogP contribution < -0.4 is 10.6 Å². The molecule has 0 radical (unpaired) electrons. The van der Waals surface area contributed by atoms with Crippen molar-refractivity contribution < 1.29 is 9.59 Å². The molecule has 0 bridgehead atoms. The minimum atomic E-state index is -0.103. The number of hydrogen-bond acceptors (Lipinski definition) is 4.